The molecule has 1 aromatic carbocycles. The van der Waals surface area contributed by atoms with Gasteiger partial charge in [0, 0.05) is 6.54 Å². The van der Waals surface area contributed by atoms with Crippen molar-refractivity contribution in [3.63, 3.8) is 0 Å². The van der Waals surface area contributed by atoms with E-state index in [1.807, 2.05) is 13.8 Å². The number of nitriles is 1. The molecule has 0 amide bonds. The summed E-state index contributed by atoms with van der Waals surface area (Å²) in [4.78, 5) is 12.3. The Morgan fingerprint density at radius 1 is 1.14 bits per heavy atom. The van der Waals surface area contributed by atoms with Crippen LogP contribution in [0.1, 0.15) is 19.4 Å². The summed E-state index contributed by atoms with van der Waals surface area (Å²) in [6.45, 7) is 4.85. The maximum absolute atomic E-state index is 9.05. The molecule has 21 heavy (non-hydrogen) atoms. The molecule has 7 nitrogen and oxygen atoms in total. The Morgan fingerprint density at radius 3 is 2.62 bits per heavy atom. The molecule has 108 valence electrons. The third kappa shape index (κ3) is 3.79. The van der Waals surface area contributed by atoms with E-state index in [0.717, 1.165) is 0 Å². The number of anilines is 1. The normalized spacial score (nSPS) is 9.76. The maximum atomic E-state index is 9.05. The highest BCUT2D eigenvalue weighted by Gasteiger charge is 2.11. The zero-order valence-electron chi connectivity index (χ0n) is 11.8. The molecule has 1 aromatic heterocycles. The number of para-hydroxylation sites is 1. The molecule has 0 aliphatic carbocycles. The van der Waals surface area contributed by atoms with Gasteiger partial charge < -0.3 is 14.8 Å². The third-order valence-corrected chi connectivity index (χ3v) is 2.41. The fourth-order valence-electron chi connectivity index (χ4n) is 1.56. The van der Waals surface area contributed by atoms with Gasteiger partial charge in [0.15, 0.2) is 0 Å². The molecule has 0 atom stereocenters. The standard InChI is InChI=1S/C14H15N5O2/c1-3-16-12-17-13(20-4-2)19-14(18-12)21-11-8-6-5-7-10(11)9-15/h5-8H,3-4H2,1-2H3,(H,16,17,18,19). The van der Waals surface area contributed by atoms with E-state index in [4.69, 9.17) is 14.7 Å². The Hall–Kier alpha value is -2.88. The zero-order valence-corrected chi connectivity index (χ0v) is 11.8. The van der Waals surface area contributed by atoms with E-state index in [2.05, 4.69) is 26.3 Å². The monoisotopic (exact) mass is 285 g/mol. The zero-order chi connectivity index (χ0) is 15.1. The highest BCUT2D eigenvalue weighted by molar-refractivity contribution is 5.44. The predicted molar refractivity (Wildman–Crippen MR) is 76.4 cm³/mol. The smallest absolute Gasteiger partial charge is 0.330 e. The number of nitrogens with zero attached hydrogens (tertiary/aromatic N) is 4. The summed E-state index contributed by atoms with van der Waals surface area (Å²) in [7, 11) is 0. The van der Waals surface area contributed by atoms with Crippen molar-refractivity contribution >= 4 is 5.95 Å². The van der Waals surface area contributed by atoms with E-state index in [0.29, 0.717) is 30.4 Å². The van der Waals surface area contributed by atoms with Crippen molar-refractivity contribution in [3.8, 4) is 23.8 Å². The predicted octanol–water partition coefficient (Wildman–Crippen LogP) is 2.37. The number of aromatic nitrogens is 3. The molecule has 0 aliphatic rings. The van der Waals surface area contributed by atoms with Crippen LogP contribution in [-0.4, -0.2) is 28.1 Å². The second-order valence-electron chi connectivity index (χ2n) is 3.90. The van der Waals surface area contributed by atoms with Crippen molar-refractivity contribution in [1.29, 1.82) is 5.26 Å². The molecule has 0 aliphatic heterocycles. The van der Waals surface area contributed by atoms with Crippen LogP contribution in [0.25, 0.3) is 0 Å². The molecule has 0 radical (unpaired) electrons. The number of nitrogens with one attached hydrogen (secondary N) is 1. The number of hydrogen-bond acceptors (Lipinski definition) is 7. The van der Waals surface area contributed by atoms with Crippen LogP contribution in [0.2, 0.25) is 0 Å². The summed E-state index contributed by atoms with van der Waals surface area (Å²) >= 11 is 0. The van der Waals surface area contributed by atoms with Crippen LogP contribution in [0.5, 0.6) is 17.8 Å². The van der Waals surface area contributed by atoms with Crippen LogP contribution in [0.15, 0.2) is 24.3 Å². The molecular formula is C14H15N5O2. The van der Waals surface area contributed by atoms with Gasteiger partial charge in [-0.15, -0.1) is 4.98 Å². The molecule has 0 saturated heterocycles. The first-order chi connectivity index (χ1) is 10.3. The molecule has 0 spiro atoms. The first kappa shape index (κ1) is 14.5. The summed E-state index contributed by atoms with van der Waals surface area (Å²) in [5, 5.41) is 12.0. The number of rotatable bonds is 6. The van der Waals surface area contributed by atoms with Gasteiger partial charge in [-0.2, -0.15) is 15.2 Å². The lowest BCUT2D eigenvalue weighted by molar-refractivity contribution is 0.303. The maximum Gasteiger partial charge on any atom is 0.330 e. The molecule has 0 saturated carbocycles. The first-order valence-electron chi connectivity index (χ1n) is 6.56. The fraction of sp³-hybridized carbons (Fsp3) is 0.286. The van der Waals surface area contributed by atoms with Gasteiger partial charge in [-0.25, -0.2) is 0 Å². The minimum atomic E-state index is 0.0760. The lowest BCUT2D eigenvalue weighted by Gasteiger charge is -2.09. The molecule has 2 aromatic rings. The summed E-state index contributed by atoms with van der Waals surface area (Å²) < 4.78 is 10.9. The van der Waals surface area contributed by atoms with E-state index in [-0.39, 0.29) is 12.0 Å². The van der Waals surface area contributed by atoms with Gasteiger partial charge in [0.05, 0.1) is 12.2 Å². The minimum Gasteiger partial charge on any atom is -0.464 e. The SMILES string of the molecule is CCNc1nc(OCC)nc(Oc2ccccc2C#N)n1. The van der Waals surface area contributed by atoms with Crippen molar-refractivity contribution in [2.75, 3.05) is 18.5 Å². The van der Waals surface area contributed by atoms with Gasteiger partial charge >= 0.3 is 12.0 Å². The van der Waals surface area contributed by atoms with Crippen molar-refractivity contribution < 1.29 is 9.47 Å². The Labute approximate surface area is 122 Å². The Morgan fingerprint density at radius 2 is 1.90 bits per heavy atom. The first-order valence-corrected chi connectivity index (χ1v) is 6.56. The Balaban J connectivity index is 2.32. The summed E-state index contributed by atoms with van der Waals surface area (Å²) in [6.07, 6.45) is 0. The number of benzene rings is 1. The van der Waals surface area contributed by atoms with Gasteiger partial charge in [-0.05, 0) is 26.0 Å². The molecule has 0 fully saturated rings. The number of hydrogen-bond donors (Lipinski definition) is 1. The molecule has 1 heterocycles. The topological polar surface area (TPSA) is 93.0 Å². The van der Waals surface area contributed by atoms with Crippen LogP contribution in [0.3, 0.4) is 0 Å². The van der Waals surface area contributed by atoms with E-state index in [1.165, 1.54) is 0 Å². The average Bonchev–Trinajstić information content (AvgIpc) is 2.48. The van der Waals surface area contributed by atoms with Crippen molar-refractivity contribution in [2.24, 2.45) is 0 Å². The molecule has 2 rings (SSSR count). The summed E-state index contributed by atoms with van der Waals surface area (Å²) in [5.41, 5.74) is 0.404. The molecule has 1 N–H and O–H groups in total. The van der Waals surface area contributed by atoms with Crippen LogP contribution >= 0.6 is 0 Å². The highest BCUT2D eigenvalue weighted by Crippen LogP contribution is 2.23. The van der Waals surface area contributed by atoms with E-state index < -0.39 is 0 Å². The molecule has 7 heteroatoms. The van der Waals surface area contributed by atoms with Gasteiger partial charge in [-0.1, -0.05) is 12.1 Å². The van der Waals surface area contributed by atoms with Crippen molar-refractivity contribution in [3.05, 3.63) is 29.8 Å². The third-order valence-electron chi connectivity index (χ3n) is 2.41. The van der Waals surface area contributed by atoms with E-state index in [9.17, 15) is 0 Å². The van der Waals surface area contributed by atoms with Crippen LogP contribution in [0.4, 0.5) is 5.95 Å². The highest BCUT2D eigenvalue weighted by atomic mass is 16.5. The lowest BCUT2D eigenvalue weighted by atomic mass is 10.2. The Kier molecular flexibility index (Phi) is 4.88. The fourth-order valence-corrected chi connectivity index (χ4v) is 1.56. The van der Waals surface area contributed by atoms with E-state index in [1.54, 1.807) is 24.3 Å². The molecule has 0 unspecified atom stereocenters. The molecule has 0 bridgehead atoms. The van der Waals surface area contributed by atoms with Gasteiger partial charge in [0.2, 0.25) is 5.95 Å². The largest absolute Gasteiger partial charge is 0.464 e. The second kappa shape index (κ2) is 7.05. The number of ether oxygens (including phenoxy) is 2. The average molecular weight is 285 g/mol. The van der Waals surface area contributed by atoms with Crippen LogP contribution in [0, 0.1) is 11.3 Å². The van der Waals surface area contributed by atoms with Crippen LogP contribution in [-0.2, 0) is 0 Å². The van der Waals surface area contributed by atoms with Gasteiger partial charge in [0.1, 0.15) is 11.8 Å². The quantitative estimate of drug-likeness (QED) is 0.870. The Bertz CT molecular complexity index is 630. The summed E-state index contributed by atoms with van der Waals surface area (Å²) in [6, 6.07) is 9.16. The summed E-state index contributed by atoms with van der Waals surface area (Å²) in [5.74, 6) is 0.747. The second-order valence-corrected chi connectivity index (χ2v) is 3.90. The molecular weight excluding hydrogens is 270 g/mol. The van der Waals surface area contributed by atoms with Crippen LogP contribution < -0.4 is 14.8 Å². The lowest BCUT2D eigenvalue weighted by Crippen LogP contribution is -2.07. The van der Waals surface area contributed by atoms with Gasteiger partial charge in [-0.3, -0.25) is 0 Å². The van der Waals surface area contributed by atoms with Crippen molar-refractivity contribution in [2.45, 2.75) is 13.8 Å². The minimum absolute atomic E-state index is 0.0760. The van der Waals surface area contributed by atoms with Crippen molar-refractivity contribution in [1.82, 2.24) is 15.0 Å². The van der Waals surface area contributed by atoms with Gasteiger partial charge in [0.25, 0.3) is 0 Å². The van der Waals surface area contributed by atoms with E-state index >= 15 is 0 Å².